The largest absolute Gasteiger partial charge is 0.391 e. The van der Waals surface area contributed by atoms with Gasteiger partial charge in [0.2, 0.25) is 0 Å². The summed E-state index contributed by atoms with van der Waals surface area (Å²) in [6.45, 7) is 4.50. The number of hydrogen-bond donors (Lipinski definition) is 3. The number of nitrogens with one attached hydrogen (secondary N) is 1. The van der Waals surface area contributed by atoms with Gasteiger partial charge < -0.3 is 10.8 Å². The molecule has 4 N–H and O–H groups in total. The Kier molecular flexibility index (Phi) is 5.34. The summed E-state index contributed by atoms with van der Waals surface area (Å²) in [5.41, 5.74) is 8.13. The fourth-order valence-electron chi connectivity index (χ4n) is 2.95. The highest BCUT2D eigenvalue weighted by atomic mass is 32.2. The van der Waals surface area contributed by atoms with Crippen LogP contribution in [0.15, 0.2) is 6.33 Å². The minimum Gasteiger partial charge on any atom is -0.391 e. The molecule has 1 saturated heterocycles. The molecule has 0 bridgehead atoms. The topological polar surface area (TPSA) is 104 Å². The summed E-state index contributed by atoms with van der Waals surface area (Å²) in [4.78, 5) is 10.5. The fraction of sp³-hybridized carbons (Fsp3) is 0.667. The Hall–Kier alpha value is -1.38. The SMILES string of the molecule is CCCCSC[C@@H]1CN(Cc2[nH]nc3c(N)ncnc23)C[C@H]1O. The third kappa shape index (κ3) is 3.76. The van der Waals surface area contributed by atoms with Crippen molar-refractivity contribution in [2.24, 2.45) is 5.92 Å². The molecule has 0 radical (unpaired) electrons. The highest BCUT2D eigenvalue weighted by Gasteiger charge is 2.31. The van der Waals surface area contributed by atoms with Gasteiger partial charge in [-0.05, 0) is 17.9 Å². The van der Waals surface area contributed by atoms with Crippen LogP contribution in [0.5, 0.6) is 0 Å². The second-order valence-corrected chi connectivity index (χ2v) is 7.26. The van der Waals surface area contributed by atoms with E-state index in [1.807, 2.05) is 11.8 Å². The van der Waals surface area contributed by atoms with Crippen molar-refractivity contribution in [2.75, 3.05) is 30.3 Å². The maximum atomic E-state index is 10.3. The number of aromatic amines is 1. The molecule has 0 aromatic carbocycles. The van der Waals surface area contributed by atoms with Crippen LogP contribution in [0.25, 0.3) is 11.0 Å². The number of H-pyrrole nitrogens is 1. The van der Waals surface area contributed by atoms with Gasteiger partial charge in [0.05, 0.1) is 11.8 Å². The van der Waals surface area contributed by atoms with E-state index in [4.69, 9.17) is 5.73 Å². The van der Waals surface area contributed by atoms with E-state index < -0.39 is 0 Å². The van der Waals surface area contributed by atoms with E-state index in [9.17, 15) is 5.11 Å². The van der Waals surface area contributed by atoms with E-state index in [-0.39, 0.29) is 6.10 Å². The maximum absolute atomic E-state index is 10.3. The number of nitrogens with two attached hydrogens (primary N) is 1. The van der Waals surface area contributed by atoms with Gasteiger partial charge in [-0.2, -0.15) is 16.9 Å². The first-order chi connectivity index (χ1) is 11.2. The molecule has 1 fully saturated rings. The first-order valence-electron chi connectivity index (χ1n) is 8.10. The van der Waals surface area contributed by atoms with Gasteiger partial charge in [-0.15, -0.1) is 0 Å². The lowest BCUT2D eigenvalue weighted by Crippen LogP contribution is -2.21. The second-order valence-electron chi connectivity index (χ2n) is 6.11. The molecule has 0 aliphatic carbocycles. The Morgan fingerprint density at radius 3 is 3.09 bits per heavy atom. The Bertz CT molecular complexity index is 648. The van der Waals surface area contributed by atoms with Gasteiger partial charge in [-0.25, -0.2) is 9.97 Å². The van der Waals surface area contributed by atoms with Crippen LogP contribution in [-0.4, -0.2) is 60.9 Å². The van der Waals surface area contributed by atoms with Crippen molar-refractivity contribution in [1.82, 2.24) is 25.1 Å². The van der Waals surface area contributed by atoms with Crippen LogP contribution >= 0.6 is 11.8 Å². The van der Waals surface area contributed by atoms with Crippen molar-refractivity contribution in [3.63, 3.8) is 0 Å². The molecule has 2 atom stereocenters. The number of thioether (sulfide) groups is 1. The van der Waals surface area contributed by atoms with Crippen LogP contribution in [0.3, 0.4) is 0 Å². The number of fused-ring (bicyclic) bond motifs is 1. The number of aromatic nitrogens is 4. The molecule has 0 amide bonds. The summed E-state index contributed by atoms with van der Waals surface area (Å²) in [5, 5.41) is 17.5. The molecule has 23 heavy (non-hydrogen) atoms. The minimum atomic E-state index is -0.252. The Labute approximate surface area is 140 Å². The van der Waals surface area contributed by atoms with Crippen LogP contribution in [0.4, 0.5) is 5.82 Å². The van der Waals surface area contributed by atoms with Crippen LogP contribution in [-0.2, 0) is 6.54 Å². The van der Waals surface area contributed by atoms with Crippen LogP contribution in [0.1, 0.15) is 25.5 Å². The van der Waals surface area contributed by atoms with Crippen LogP contribution in [0.2, 0.25) is 0 Å². The molecule has 1 aliphatic heterocycles. The summed E-state index contributed by atoms with van der Waals surface area (Å²) in [7, 11) is 0. The molecule has 3 heterocycles. The average molecular weight is 336 g/mol. The van der Waals surface area contributed by atoms with Crippen molar-refractivity contribution >= 4 is 28.6 Å². The van der Waals surface area contributed by atoms with Gasteiger partial charge in [-0.1, -0.05) is 13.3 Å². The summed E-state index contributed by atoms with van der Waals surface area (Å²) >= 11 is 1.95. The molecule has 0 unspecified atom stereocenters. The second kappa shape index (κ2) is 7.46. The molecular formula is C15H24N6OS. The average Bonchev–Trinajstić information content (AvgIpc) is 3.09. The number of β-amino-alcohol motifs (C(OH)–C–C–N with tert-alkyl or cyclic N) is 1. The summed E-state index contributed by atoms with van der Waals surface area (Å²) < 4.78 is 0. The number of nitrogens with zero attached hydrogens (tertiary/aromatic N) is 4. The molecule has 2 aromatic heterocycles. The molecular weight excluding hydrogens is 312 g/mol. The van der Waals surface area contributed by atoms with Crippen molar-refractivity contribution in [1.29, 1.82) is 0 Å². The zero-order valence-electron chi connectivity index (χ0n) is 13.4. The monoisotopic (exact) mass is 336 g/mol. The smallest absolute Gasteiger partial charge is 0.155 e. The Morgan fingerprint density at radius 1 is 1.39 bits per heavy atom. The summed E-state index contributed by atoms with van der Waals surface area (Å²) in [6, 6.07) is 0. The minimum absolute atomic E-state index is 0.252. The van der Waals surface area contributed by atoms with Crippen molar-refractivity contribution < 1.29 is 5.11 Å². The maximum Gasteiger partial charge on any atom is 0.155 e. The molecule has 126 valence electrons. The molecule has 0 saturated carbocycles. The number of rotatable bonds is 7. The highest BCUT2D eigenvalue weighted by Crippen LogP contribution is 2.25. The van der Waals surface area contributed by atoms with Gasteiger partial charge in [0.25, 0.3) is 0 Å². The summed E-state index contributed by atoms with van der Waals surface area (Å²) in [5.74, 6) is 2.94. The van der Waals surface area contributed by atoms with E-state index in [1.54, 1.807) is 0 Å². The molecule has 3 rings (SSSR count). The molecule has 8 heteroatoms. The number of likely N-dealkylation sites (tertiary alicyclic amines) is 1. The van der Waals surface area contributed by atoms with Gasteiger partial charge in [0, 0.05) is 25.6 Å². The predicted molar refractivity (Wildman–Crippen MR) is 93.1 cm³/mol. The van der Waals surface area contributed by atoms with Gasteiger partial charge in [0.1, 0.15) is 11.8 Å². The van der Waals surface area contributed by atoms with Gasteiger partial charge in [0.15, 0.2) is 11.3 Å². The predicted octanol–water partition coefficient (Wildman–Crippen LogP) is 1.26. The van der Waals surface area contributed by atoms with E-state index >= 15 is 0 Å². The fourth-order valence-corrected chi connectivity index (χ4v) is 4.24. The molecule has 1 aliphatic rings. The first kappa shape index (κ1) is 16.5. The zero-order chi connectivity index (χ0) is 16.2. The van der Waals surface area contributed by atoms with Crippen molar-refractivity contribution in [3.05, 3.63) is 12.0 Å². The van der Waals surface area contributed by atoms with Crippen LogP contribution < -0.4 is 5.73 Å². The number of aliphatic hydroxyl groups excluding tert-OH is 1. The van der Waals surface area contributed by atoms with Crippen molar-refractivity contribution in [3.8, 4) is 0 Å². The standard InChI is InChI=1S/C15H24N6OS/c1-2-3-4-23-8-10-5-21(7-12(10)22)6-11-13-14(20-19-11)15(16)18-9-17-13/h9-10,12,22H,2-8H2,1H3,(H,19,20)(H2,16,17,18)/t10-,12+/m0/s1. The Morgan fingerprint density at radius 2 is 2.26 bits per heavy atom. The lowest BCUT2D eigenvalue weighted by atomic mass is 10.1. The van der Waals surface area contributed by atoms with Crippen LogP contribution in [0, 0.1) is 5.92 Å². The quantitative estimate of drug-likeness (QED) is 0.654. The van der Waals surface area contributed by atoms with Crippen molar-refractivity contribution in [2.45, 2.75) is 32.4 Å². The third-order valence-corrected chi connectivity index (χ3v) is 5.52. The molecule has 0 spiro atoms. The van der Waals surface area contributed by atoms with E-state index in [2.05, 4.69) is 32.0 Å². The lowest BCUT2D eigenvalue weighted by molar-refractivity contribution is 0.149. The Balaban J connectivity index is 1.59. The first-order valence-corrected chi connectivity index (χ1v) is 9.26. The third-order valence-electron chi connectivity index (χ3n) is 4.28. The van der Waals surface area contributed by atoms with Gasteiger partial charge >= 0.3 is 0 Å². The molecule has 7 nitrogen and oxygen atoms in total. The van der Waals surface area contributed by atoms with E-state index in [0.717, 1.165) is 23.5 Å². The van der Waals surface area contributed by atoms with Gasteiger partial charge in [-0.3, -0.25) is 10.00 Å². The highest BCUT2D eigenvalue weighted by molar-refractivity contribution is 7.99. The number of anilines is 1. The number of aliphatic hydroxyl groups is 1. The number of nitrogen functional groups attached to an aromatic ring is 1. The lowest BCUT2D eigenvalue weighted by Gasteiger charge is -2.14. The summed E-state index contributed by atoms with van der Waals surface area (Å²) in [6.07, 6.45) is 3.68. The normalized spacial score (nSPS) is 22.2. The number of unbranched alkanes of at least 4 members (excludes halogenated alkanes) is 1. The van der Waals surface area contributed by atoms with E-state index in [0.29, 0.717) is 30.3 Å². The zero-order valence-corrected chi connectivity index (χ0v) is 14.2. The van der Waals surface area contributed by atoms with E-state index in [1.165, 1.54) is 24.9 Å². The number of hydrogen-bond acceptors (Lipinski definition) is 7. The molecule has 2 aromatic rings.